The first-order valence-electron chi connectivity index (χ1n) is 7.31. The van der Waals surface area contributed by atoms with E-state index in [0.717, 1.165) is 12.1 Å². The standard InChI is InChI=1S/C16H16F2N2O3/c1-9-7-20(8-10(2)22-9)16(21)14-6-15(23-19-14)11-3-4-12(17)13(18)5-11/h3-6,9-10H,7-8H2,1-2H3. The largest absolute Gasteiger partial charge is 0.372 e. The number of hydrogen-bond acceptors (Lipinski definition) is 4. The van der Waals surface area contributed by atoms with Crippen molar-refractivity contribution >= 4 is 5.91 Å². The maximum atomic E-state index is 13.3. The summed E-state index contributed by atoms with van der Waals surface area (Å²) in [5.74, 6) is -1.99. The van der Waals surface area contributed by atoms with Crippen LogP contribution in [0.15, 0.2) is 28.8 Å². The van der Waals surface area contributed by atoms with Gasteiger partial charge in [0.25, 0.3) is 5.91 Å². The monoisotopic (exact) mass is 322 g/mol. The number of nitrogens with zero attached hydrogens (tertiary/aromatic N) is 2. The number of halogens is 2. The van der Waals surface area contributed by atoms with Crippen LogP contribution >= 0.6 is 0 Å². The van der Waals surface area contributed by atoms with E-state index in [9.17, 15) is 13.6 Å². The number of aromatic nitrogens is 1. The minimum absolute atomic E-state index is 0.0553. The molecule has 5 nitrogen and oxygen atoms in total. The number of ether oxygens (including phenoxy) is 1. The second-order valence-electron chi connectivity index (χ2n) is 5.67. The minimum atomic E-state index is -0.984. The lowest BCUT2D eigenvalue weighted by atomic mass is 10.1. The summed E-state index contributed by atoms with van der Waals surface area (Å²) in [5, 5.41) is 3.75. The molecule has 2 heterocycles. The van der Waals surface area contributed by atoms with Crippen molar-refractivity contribution in [2.45, 2.75) is 26.1 Å². The van der Waals surface area contributed by atoms with E-state index in [1.165, 1.54) is 12.1 Å². The smallest absolute Gasteiger partial charge is 0.276 e. The Bertz CT molecular complexity index is 722. The van der Waals surface area contributed by atoms with E-state index in [1.807, 2.05) is 13.8 Å². The van der Waals surface area contributed by atoms with Gasteiger partial charge in [-0.2, -0.15) is 0 Å². The van der Waals surface area contributed by atoms with Crippen molar-refractivity contribution in [2.24, 2.45) is 0 Å². The Morgan fingerprint density at radius 3 is 2.52 bits per heavy atom. The van der Waals surface area contributed by atoms with Gasteiger partial charge in [0.15, 0.2) is 23.1 Å². The first-order valence-corrected chi connectivity index (χ1v) is 7.31. The van der Waals surface area contributed by atoms with Crippen LogP contribution in [0.4, 0.5) is 8.78 Å². The van der Waals surface area contributed by atoms with Gasteiger partial charge in [0.1, 0.15) is 0 Å². The highest BCUT2D eigenvalue weighted by molar-refractivity contribution is 5.93. The Hall–Kier alpha value is -2.28. The van der Waals surface area contributed by atoms with E-state index < -0.39 is 11.6 Å². The van der Waals surface area contributed by atoms with Crippen molar-refractivity contribution in [1.29, 1.82) is 0 Å². The summed E-state index contributed by atoms with van der Waals surface area (Å²) in [6.07, 6.45) is -0.111. The number of carbonyl (C=O) groups excluding carboxylic acids is 1. The fourth-order valence-corrected chi connectivity index (χ4v) is 2.67. The maximum Gasteiger partial charge on any atom is 0.276 e. The summed E-state index contributed by atoms with van der Waals surface area (Å²) >= 11 is 0. The molecule has 1 amide bonds. The number of benzene rings is 1. The highest BCUT2D eigenvalue weighted by Gasteiger charge is 2.28. The average Bonchev–Trinajstić information content (AvgIpc) is 2.98. The van der Waals surface area contributed by atoms with Crippen LogP contribution in [0.1, 0.15) is 24.3 Å². The summed E-state index contributed by atoms with van der Waals surface area (Å²) < 4.78 is 36.9. The van der Waals surface area contributed by atoms with Crippen LogP contribution < -0.4 is 0 Å². The zero-order valence-corrected chi connectivity index (χ0v) is 12.8. The van der Waals surface area contributed by atoms with Crippen LogP contribution in [0, 0.1) is 11.6 Å². The van der Waals surface area contributed by atoms with Gasteiger partial charge in [0.2, 0.25) is 0 Å². The molecule has 23 heavy (non-hydrogen) atoms. The molecule has 1 aliphatic rings. The topological polar surface area (TPSA) is 55.6 Å². The number of hydrogen-bond donors (Lipinski definition) is 0. The lowest BCUT2D eigenvalue weighted by molar-refractivity contribution is -0.0588. The number of carbonyl (C=O) groups is 1. The van der Waals surface area contributed by atoms with Crippen LogP contribution in [0.3, 0.4) is 0 Å². The normalized spacial score (nSPS) is 21.5. The summed E-state index contributed by atoms with van der Waals surface area (Å²) in [6, 6.07) is 4.80. The third kappa shape index (κ3) is 3.24. The molecule has 122 valence electrons. The van der Waals surface area contributed by atoms with Gasteiger partial charge in [-0.15, -0.1) is 0 Å². The molecule has 1 aromatic carbocycles. The van der Waals surface area contributed by atoms with Gasteiger partial charge in [-0.3, -0.25) is 4.79 Å². The van der Waals surface area contributed by atoms with Crippen LogP contribution in [-0.2, 0) is 4.74 Å². The molecule has 2 unspecified atom stereocenters. The van der Waals surface area contributed by atoms with Crippen molar-refractivity contribution < 1.29 is 22.8 Å². The zero-order chi connectivity index (χ0) is 16.6. The molecular weight excluding hydrogens is 306 g/mol. The Kier molecular flexibility index (Phi) is 4.12. The van der Waals surface area contributed by atoms with E-state index >= 15 is 0 Å². The zero-order valence-electron chi connectivity index (χ0n) is 12.8. The van der Waals surface area contributed by atoms with Crippen LogP contribution in [-0.4, -0.2) is 41.3 Å². The Labute approximate surface area is 131 Å². The quantitative estimate of drug-likeness (QED) is 0.853. The third-order valence-corrected chi connectivity index (χ3v) is 3.64. The van der Waals surface area contributed by atoms with Gasteiger partial charge in [0, 0.05) is 24.7 Å². The average molecular weight is 322 g/mol. The summed E-state index contributed by atoms with van der Waals surface area (Å²) in [6.45, 7) is 4.73. The summed E-state index contributed by atoms with van der Waals surface area (Å²) in [5.41, 5.74) is 0.449. The van der Waals surface area contributed by atoms with Crippen molar-refractivity contribution in [2.75, 3.05) is 13.1 Å². The summed E-state index contributed by atoms with van der Waals surface area (Å²) in [4.78, 5) is 14.1. The Morgan fingerprint density at radius 2 is 1.87 bits per heavy atom. The molecule has 2 aromatic rings. The maximum absolute atomic E-state index is 13.3. The second kappa shape index (κ2) is 6.08. The Morgan fingerprint density at radius 1 is 1.17 bits per heavy atom. The number of morpholine rings is 1. The first-order chi connectivity index (χ1) is 10.9. The fourth-order valence-electron chi connectivity index (χ4n) is 2.67. The molecule has 0 saturated carbocycles. The predicted octanol–water partition coefficient (Wildman–Crippen LogP) is 2.87. The van der Waals surface area contributed by atoms with E-state index in [1.54, 1.807) is 4.90 Å². The van der Waals surface area contributed by atoms with Crippen LogP contribution in [0.2, 0.25) is 0 Å². The van der Waals surface area contributed by atoms with E-state index in [-0.39, 0.29) is 29.6 Å². The molecule has 0 N–H and O–H groups in total. The molecule has 1 aliphatic heterocycles. The molecule has 1 fully saturated rings. The van der Waals surface area contributed by atoms with Crippen molar-refractivity contribution in [1.82, 2.24) is 10.1 Å². The van der Waals surface area contributed by atoms with Crippen molar-refractivity contribution in [3.05, 3.63) is 41.6 Å². The molecule has 1 aromatic heterocycles. The highest BCUT2D eigenvalue weighted by Crippen LogP contribution is 2.23. The number of rotatable bonds is 2. The molecule has 1 saturated heterocycles. The van der Waals surface area contributed by atoms with Gasteiger partial charge < -0.3 is 14.2 Å². The van der Waals surface area contributed by atoms with Crippen LogP contribution in [0.25, 0.3) is 11.3 Å². The van der Waals surface area contributed by atoms with Crippen molar-refractivity contribution in [3.8, 4) is 11.3 Å². The summed E-state index contributed by atoms with van der Waals surface area (Å²) in [7, 11) is 0. The van der Waals surface area contributed by atoms with E-state index in [4.69, 9.17) is 9.26 Å². The first kappa shape index (κ1) is 15.6. The molecule has 3 rings (SSSR count). The molecule has 0 aliphatic carbocycles. The van der Waals surface area contributed by atoms with E-state index in [0.29, 0.717) is 18.7 Å². The van der Waals surface area contributed by atoms with Gasteiger partial charge in [-0.1, -0.05) is 5.16 Å². The molecular formula is C16H16F2N2O3. The third-order valence-electron chi connectivity index (χ3n) is 3.64. The molecule has 0 bridgehead atoms. The van der Waals surface area contributed by atoms with Gasteiger partial charge in [-0.05, 0) is 32.0 Å². The van der Waals surface area contributed by atoms with Crippen LogP contribution in [0.5, 0.6) is 0 Å². The van der Waals surface area contributed by atoms with Crippen molar-refractivity contribution in [3.63, 3.8) is 0 Å². The molecule has 2 atom stereocenters. The predicted molar refractivity (Wildman–Crippen MR) is 77.8 cm³/mol. The fraction of sp³-hybridized carbons (Fsp3) is 0.375. The molecule has 7 heteroatoms. The lowest BCUT2D eigenvalue weighted by Crippen LogP contribution is -2.48. The highest BCUT2D eigenvalue weighted by atomic mass is 19.2. The number of amides is 1. The molecule has 0 spiro atoms. The van der Waals surface area contributed by atoms with Gasteiger partial charge in [0.05, 0.1) is 12.2 Å². The van der Waals surface area contributed by atoms with Gasteiger partial charge >= 0.3 is 0 Å². The lowest BCUT2D eigenvalue weighted by Gasteiger charge is -2.34. The Balaban J connectivity index is 1.81. The van der Waals surface area contributed by atoms with Gasteiger partial charge in [-0.25, -0.2) is 8.78 Å². The second-order valence-corrected chi connectivity index (χ2v) is 5.67. The SMILES string of the molecule is CC1CN(C(=O)c2cc(-c3ccc(F)c(F)c3)on2)CC(C)O1. The molecule has 0 radical (unpaired) electrons. The van der Waals surface area contributed by atoms with E-state index in [2.05, 4.69) is 5.16 Å². The minimum Gasteiger partial charge on any atom is -0.372 e.